The number of benzene rings is 1. The van der Waals surface area contributed by atoms with Crippen LogP contribution >= 0.6 is 22.9 Å². The molecule has 0 radical (unpaired) electrons. The summed E-state index contributed by atoms with van der Waals surface area (Å²) in [5.41, 5.74) is 0.669. The zero-order chi connectivity index (χ0) is 16.4. The van der Waals surface area contributed by atoms with Crippen molar-refractivity contribution in [2.24, 2.45) is 0 Å². The predicted octanol–water partition coefficient (Wildman–Crippen LogP) is 5.51. The number of aromatic nitrogens is 1. The van der Waals surface area contributed by atoms with E-state index >= 15 is 0 Å². The summed E-state index contributed by atoms with van der Waals surface area (Å²) in [6.45, 7) is 4.30. The third-order valence-electron chi connectivity index (χ3n) is 4.29. The largest absolute Gasteiger partial charge is 0.281 e. The van der Waals surface area contributed by atoms with E-state index < -0.39 is 0 Å². The highest BCUT2D eigenvalue weighted by Gasteiger charge is 2.31. The number of rotatable bonds is 4. The van der Waals surface area contributed by atoms with Gasteiger partial charge < -0.3 is 0 Å². The van der Waals surface area contributed by atoms with Gasteiger partial charge in [-0.05, 0) is 43.0 Å². The Morgan fingerprint density at radius 1 is 1.26 bits per heavy atom. The van der Waals surface area contributed by atoms with Gasteiger partial charge in [-0.25, -0.2) is 4.98 Å². The van der Waals surface area contributed by atoms with Gasteiger partial charge in [-0.1, -0.05) is 38.3 Å². The van der Waals surface area contributed by atoms with E-state index in [-0.39, 0.29) is 11.9 Å². The van der Waals surface area contributed by atoms with E-state index in [1.165, 1.54) is 17.7 Å². The molecule has 0 atom stereocenters. The summed E-state index contributed by atoms with van der Waals surface area (Å²) in [7, 11) is 0. The molecule has 3 nitrogen and oxygen atoms in total. The number of carbonyl (C=O) groups is 1. The SMILES string of the molecule is CC(C)c1cnc(N(C(=O)c2ccc(Cl)cc2)C2CCCC2)s1. The van der Waals surface area contributed by atoms with Gasteiger partial charge in [0.15, 0.2) is 5.13 Å². The molecule has 2 aromatic rings. The first-order valence-corrected chi connectivity index (χ1v) is 9.30. The number of carbonyl (C=O) groups excluding carboxylic acids is 1. The fourth-order valence-electron chi connectivity index (χ4n) is 2.96. The highest BCUT2D eigenvalue weighted by molar-refractivity contribution is 7.15. The van der Waals surface area contributed by atoms with Crippen molar-refractivity contribution < 1.29 is 4.79 Å². The third-order valence-corrected chi connectivity index (χ3v) is 5.84. The second-order valence-corrected chi connectivity index (χ2v) is 7.80. The van der Waals surface area contributed by atoms with Crippen LogP contribution in [0.25, 0.3) is 0 Å². The average molecular weight is 349 g/mol. The predicted molar refractivity (Wildman–Crippen MR) is 96.7 cm³/mol. The van der Waals surface area contributed by atoms with Crippen molar-refractivity contribution in [3.63, 3.8) is 0 Å². The number of nitrogens with zero attached hydrogens (tertiary/aromatic N) is 2. The number of thiazole rings is 1. The van der Waals surface area contributed by atoms with Gasteiger partial charge in [-0.2, -0.15) is 0 Å². The van der Waals surface area contributed by atoms with Crippen molar-refractivity contribution in [2.75, 3.05) is 4.90 Å². The minimum Gasteiger partial charge on any atom is -0.281 e. The Morgan fingerprint density at radius 3 is 2.48 bits per heavy atom. The van der Waals surface area contributed by atoms with Crippen LogP contribution in [0.3, 0.4) is 0 Å². The van der Waals surface area contributed by atoms with Crippen molar-refractivity contribution in [3.05, 3.63) is 45.9 Å². The molecule has 1 aromatic heterocycles. The Morgan fingerprint density at radius 2 is 1.91 bits per heavy atom. The lowest BCUT2D eigenvalue weighted by Gasteiger charge is -2.26. The molecule has 1 aromatic carbocycles. The Kier molecular flexibility index (Phi) is 5.02. The quantitative estimate of drug-likeness (QED) is 0.729. The lowest BCUT2D eigenvalue weighted by Crippen LogP contribution is -2.38. The Hall–Kier alpha value is -1.39. The summed E-state index contributed by atoms with van der Waals surface area (Å²) in [4.78, 5) is 20.7. The zero-order valence-electron chi connectivity index (χ0n) is 13.5. The number of halogens is 1. The topological polar surface area (TPSA) is 33.2 Å². The van der Waals surface area contributed by atoms with Crippen molar-refractivity contribution in [2.45, 2.75) is 51.5 Å². The van der Waals surface area contributed by atoms with Crippen LogP contribution in [0.15, 0.2) is 30.5 Å². The van der Waals surface area contributed by atoms with Gasteiger partial charge >= 0.3 is 0 Å². The van der Waals surface area contributed by atoms with Crippen LogP contribution in [0.2, 0.25) is 5.02 Å². The van der Waals surface area contributed by atoms with Gasteiger partial charge in [0.25, 0.3) is 5.91 Å². The molecule has 122 valence electrons. The van der Waals surface area contributed by atoms with Crippen molar-refractivity contribution in [3.8, 4) is 0 Å². The van der Waals surface area contributed by atoms with Gasteiger partial charge in [-0.15, -0.1) is 11.3 Å². The smallest absolute Gasteiger partial charge is 0.260 e. The highest BCUT2D eigenvalue weighted by Crippen LogP contribution is 2.34. The van der Waals surface area contributed by atoms with E-state index in [1.54, 1.807) is 35.6 Å². The Balaban J connectivity index is 1.94. The zero-order valence-corrected chi connectivity index (χ0v) is 15.0. The molecule has 0 aliphatic heterocycles. The molecule has 3 rings (SSSR count). The standard InChI is InChI=1S/C18H21ClN2OS/c1-12(2)16-11-20-18(23-16)21(15-5-3-4-6-15)17(22)13-7-9-14(19)10-8-13/h7-12,15H,3-6H2,1-2H3. The molecular weight excluding hydrogens is 328 g/mol. The van der Waals surface area contributed by atoms with E-state index in [0.717, 1.165) is 18.0 Å². The third kappa shape index (κ3) is 3.59. The van der Waals surface area contributed by atoms with Crippen molar-refractivity contribution in [1.82, 2.24) is 4.98 Å². The first-order valence-electron chi connectivity index (χ1n) is 8.11. The molecule has 0 N–H and O–H groups in total. The maximum Gasteiger partial charge on any atom is 0.260 e. The molecule has 1 heterocycles. The first-order chi connectivity index (χ1) is 11.1. The normalized spacial score (nSPS) is 15.3. The number of hydrogen-bond acceptors (Lipinski definition) is 3. The second-order valence-electron chi connectivity index (χ2n) is 6.32. The fourth-order valence-corrected chi connectivity index (χ4v) is 4.07. The van der Waals surface area contributed by atoms with E-state index in [9.17, 15) is 4.79 Å². The summed E-state index contributed by atoms with van der Waals surface area (Å²) in [6.07, 6.45) is 6.36. The monoisotopic (exact) mass is 348 g/mol. The minimum atomic E-state index is 0.0261. The summed E-state index contributed by atoms with van der Waals surface area (Å²) < 4.78 is 0. The fraction of sp³-hybridized carbons (Fsp3) is 0.444. The average Bonchev–Trinajstić information content (AvgIpc) is 3.20. The lowest BCUT2D eigenvalue weighted by molar-refractivity contribution is 0.0977. The summed E-state index contributed by atoms with van der Waals surface area (Å²) in [5, 5.41) is 1.46. The molecule has 1 amide bonds. The van der Waals surface area contributed by atoms with Gasteiger partial charge in [0.05, 0.1) is 0 Å². The maximum absolute atomic E-state index is 13.1. The van der Waals surface area contributed by atoms with Gasteiger partial charge in [0.1, 0.15) is 0 Å². The van der Waals surface area contributed by atoms with E-state index in [2.05, 4.69) is 18.8 Å². The van der Waals surface area contributed by atoms with Gasteiger partial charge in [-0.3, -0.25) is 9.69 Å². The van der Waals surface area contributed by atoms with Crippen LogP contribution in [0.1, 0.15) is 60.7 Å². The molecule has 1 saturated carbocycles. The first kappa shape index (κ1) is 16.5. The molecule has 1 aliphatic carbocycles. The summed E-state index contributed by atoms with van der Waals surface area (Å²) in [5.74, 6) is 0.454. The second kappa shape index (κ2) is 7.02. The molecule has 1 aliphatic rings. The summed E-state index contributed by atoms with van der Waals surface area (Å²) in [6, 6.07) is 7.38. The molecule has 1 fully saturated rings. The molecule has 5 heteroatoms. The lowest BCUT2D eigenvalue weighted by atomic mass is 10.1. The molecule has 0 spiro atoms. The number of hydrogen-bond donors (Lipinski definition) is 0. The molecule has 0 unspecified atom stereocenters. The number of anilines is 1. The van der Waals surface area contributed by atoms with Crippen molar-refractivity contribution in [1.29, 1.82) is 0 Å². The summed E-state index contributed by atoms with van der Waals surface area (Å²) >= 11 is 7.57. The molecule has 23 heavy (non-hydrogen) atoms. The molecular formula is C18H21ClN2OS. The van der Waals surface area contributed by atoms with Crippen LogP contribution in [-0.4, -0.2) is 16.9 Å². The van der Waals surface area contributed by atoms with E-state index in [1.807, 2.05) is 11.1 Å². The van der Waals surface area contributed by atoms with Crippen molar-refractivity contribution >= 4 is 34.0 Å². The Labute approximate surface area is 146 Å². The van der Waals surface area contributed by atoms with Crippen LogP contribution < -0.4 is 4.90 Å². The van der Waals surface area contributed by atoms with Crippen LogP contribution in [0, 0.1) is 0 Å². The van der Waals surface area contributed by atoms with Gasteiger partial charge in [0, 0.05) is 27.7 Å². The Bertz CT molecular complexity index is 675. The van der Waals surface area contributed by atoms with Crippen LogP contribution in [0.4, 0.5) is 5.13 Å². The minimum absolute atomic E-state index is 0.0261. The van der Waals surface area contributed by atoms with Crippen LogP contribution in [0.5, 0.6) is 0 Å². The van der Waals surface area contributed by atoms with E-state index in [4.69, 9.17) is 11.6 Å². The van der Waals surface area contributed by atoms with Crippen LogP contribution in [-0.2, 0) is 0 Å². The highest BCUT2D eigenvalue weighted by atomic mass is 35.5. The van der Waals surface area contributed by atoms with Gasteiger partial charge in [0.2, 0.25) is 0 Å². The molecule has 0 saturated heterocycles. The number of amides is 1. The van der Waals surface area contributed by atoms with E-state index in [0.29, 0.717) is 16.5 Å². The molecule has 0 bridgehead atoms. The maximum atomic E-state index is 13.1.